The molecule has 1 unspecified atom stereocenters. The van der Waals surface area contributed by atoms with E-state index in [4.69, 9.17) is 9.47 Å². The summed E-state index contributed by atoms with van der Waals surface area (Å²) in [6, 6.07) is 7.73. The molecule has 3 aliphatic rings. The molecule has 6 heteroatoms. The van der Waals surface area contributed by atoms with E-state index in [1.165, 1.54) is 6.42 Å². The molecule has 2 saturated heterocycles. The maximum atomic E-state index is 13.0. The second-order valence-corrected chi connectivity index (χ2v) is 7.66. The lowest BCUT2D eigenvalue weighted by molar-refractivity contribution is -0.128. The molecule has 0 radical (unpaired) electrons. The van der Waals surface area contributed by atoms with Crippen molar-refractivity contribution in [2.75, 3.05) is 31.6 Å². The van der Waals surface area contributed by atoms with Crippen LogP contribution in [0.25, 0.3) is 0 Å². The van der Waals surface area contributed by atoms with Gasteiger partial charge in [-0.2, -0.15) is 0 Å². The number of rotatable bonds is 5. The minimum atomic E-state index is -0.229. The van der Waals surface area contributed by atoms with Crippen molar-refractivity contribution in [3.8, 4) is 5.75 Å². The molecule has 2 N–H and O–H groups in total. The third-order valence-electron chi connectivity index (χ3n) is 6.04. The minimum Gasteiger partial charge on any atom is -0.491 e. The van der Waals surface area contributed by atoms with Crippen LogP contribution in [0.5, 0.6) is 5.75 Å². The van der Waals surface area contributed by atoms with Gasteiger partial charge in [-0.25, -0.2) is 0 Å². The zero-order chi connectivity index (χ0) is 17.1. The highest BCUT2D eigenvalue weighted by molar-refractivity contribution is 5.96. The van der Waals surface area contributed by atoms with Gasteiger partial charge in [-0.3, -0.25) is 4.79 Å². The van der Waals surface area contributed by atoms with Crippen LogP contribution < -0.4 is 15.4 Å². The van der Waals surface area contributed by atoms with E-state index in [1.807, 2.05) is 24.3 Å². The highest BCUT2D eigenvalue weighted by Gasteiger charge is 2.49. The zero-order valence-electron chi connectivity index (χ0n) is 15.2. The number of halogens is 1. The molecule has 0 aromatic heterocycles. The van der Waals surface area contributed by atoms with Gasteiger partial charge in [0.15, 0.2) is 0 Å². The number of amides is 1. The second-order valence-electron chi connectivity index (χ2n) is 7.66. The van der Waals surface area contributed by atoms with Crippen molar-refractivity contribution >= 4 is 24.0 Å². The topological polar surface area (TPSA) is 59.6 Å². The number of fused-ring (bicyclic) bond motifs is 1. The molecule has 3 atom stereocenters. The van der Waals surface area contributed by atoms with Crippen LogP contribution >= 0.6 is 12.4 Å². The van der Waals surface area contributed by atoms with Crippen LogP contribution in [0.3, 0.4) is 0 Å². The fourth-order valence-electron chi connectivity index (χ4n) is 4.57. The smallest absolute Gasteiger partial charge is 0.232 e. The van der Waals surface area contributed by atoms with Gasteiger partial charge in [0.05, 0.1) is 11.5 Å². The first-order chi connectivity index (χ1) is 12.3. The Labute approximate surface area is 161 Å². The summed E-state index contributed by atoms with van der Waals surface area (Å²) in [6.45, 7) is 3.19. The van der Waals surface area contributed by atoms with Gasteiger partial charge in [0.2, 0.25) is 5.91 Å². The van der Waals surface area contributed by atoms with Crippen molar-refractivity contribution in [3.05, 3.63) is 24.3 Å². The van der Waals surface area contributed by atoms with Gasteiger partial charge in [-0.15, -0.1) is 12.4 Å². The van der Waals surface area contributed by atoms with Crippen LogP contribution in [-0.2, 0) is 9.53 Å². The van der Waals surface area contributed by atoms with E-state index >= 15 is 0 Å². The van der Waals surface area contributed by atoms with Gasteiger partial charge in [0.1, 0.15) is 12.4 Å². The van der Waals surface area contributed by atoms with Crippen molar-refractivity contribution in [2.24, 2.45) is 11.3 Å². The first kappa shape index (κ1) is 19.5. The molecule has 1 saturated carbocycles. The number of hydrogen-bond donors (Lipinski definition) is 2. The highest BCUT2D eigenvalue weighted by atomic mass is 35.5. The minimum absolute atomic E-state index is 0. The van der Waals surface area contributed by atoms with E-state index in [0.717, 1.165) is 63.2 Å². The number of anilines is 1. The summed E-state index contributed by atoms with van der Waals surface area (Å²) in [4.78, 5) is 13.0. The summed E-state index contributed by atoms with van der Waals surface area (Å²) in [5, 5.41) is 6.59. The molecule has 2 aliphatic heterocycles. The van der Waals surface area contributed by atoms with Crippen LogP contribution in [0.1, 0.15) is 38.5 Å². The predicted octanol–water partition coefficient (Wildman–Crippen LogP) is 3.38. The van der Waals surface area contributed by atoms with E-state index in [1.54, 1.807) is 0 Å². The van der Waals surface area contributed by atoms with Crippen molar-refractivity contribution in [2.45, 2.75) is 44.6 Å². The largest absolute Gasteiger partial charge is 0.491 e. The number of ether oxygens (including phenoxy) is 2. The Balaban J connectivity index is 0.00000196. The monoisotopic (exact) mass is 380 g/mol. The first-order valence-corrected chi connectivity index (χ1v) is 9.63. The molecular formula is C20H29ClN2O3. The molecule has 4 rings (SSSR count). The number of hydrogen-bond acceptors (Lipinski definition) is 4. The standard InChI is InChI=1S/C20H28N2O3.ClH/c23-19(20-9-2-1-5-15(20)12-21-14-20)22-16-6-3-7-17(11-16)25-13-18-8-4-10-24-18;/h3,6-7,11,15,18,21H,1-2,4-5,8-10,12-14H2,(H,22,23);1H/t15-,18?,20+;/m0./s1. The number of benzene rings is 1. The summed E-state index contributed by atoms with van der Waals surface area (Å²) in [6.07, 6.45) is 6.92. The Hall–Kier alpha value is -1.30. The van der Waals surface area contributed by atoms with Crippen LogP contribution in [0.15, 0.2) is 24.3 Å². The molecular weight excluding hydrogens is 352 g/mol. The molecule has 1 aromatic carbocycles. The molecule has 3 fully saturated rings. The molecule has 0 bridgehead atoms. The predicted molar refractivity (Wildman–Crippen MR) is 104 cm³/mol. The van der Waals surface area contributed by atoms with E-state index in [-0.39, 0.29) is 29.8 Å². The van der Waals surface area contributed by atoms with Crippen LogP contribution in [0.4, 0.5) is 5.69 Å². The maximum absolute atomic E-state index is 13.0. The van der Waals surface area contributed by atoms with E-state index in [2.05, 4.69) is 10.6 Å². The Morgan fingerprint density at radius 1 is 1.31 bits per heavy atom. The Bertz CT molecular complexity index is 621. The van der Waals surface area contributed by atoms with E-state index in [0.29, 0.717) is 12.5 Å². The van der Waals surface area contributed by atoms with Crippen molar-refractivity contribution < 1.29 is 14.3 Å². The molecule has 1 aromatic rings. The summed E-state index contributed by atoms with van der Waals surface area (Å²) < 4.78 is 11.4. The van der Waals surface area contributed by atoms with Crippen molar-refractivity contribution in [1.29, 1.82) is 0 Å². The molecule has 1 amide bonds. The fraction of sp³-hybridized carbons (Fsp3) is 0.650. The molecule has 26 heavy (non-hydrogen) atoms. The Morgan fingerprint density at radius 3 is 3.08 bits per heavy atom. The SMILES string of the molecule is Cl.O=C(Nc1cccc(OCC2CCCO2)c1)[C@@]12CCCC[C@H]1CNC2. The number of carbonyl (C=O) groups is 1. The lowest BCUT2D eigenvalue weighted by Crippen LogP contribution is -2.44. The highest BCUT2D eigenvalue weighted by Crippen LogP contribution is 2.44. The Kier molecular flexibility index (Phi) is 6.43. The van der Waals surface area contributed by atoms with Gasteiger partial charge in [-0.05, 0) is 50.3 Å². The van der Waals surface area contributed by atoms with E-state index < -0.39 is 0 Å². The summed E-state index contributed by atoms with van der Waals surface area (Å²) in [7, 11) is 0. The maximum Gasteiger partial charge on any atom is 0.232 e. The van der Waals surface area contributed by atoms with Crippen LogP contribution in [0.2, 0.25) is 0 Å². The van der Waals surface area contributed by atoms with Gasteiger partial charge < -0.3 is 20.1 Å². The lowest BCUT2D eigenvalue weighted by Gasteiger charge is -2.37. The van der Waals surface area contributed by atoms with Gasteiger partial charge in [-0.1, -0.05) is 18.9 Å². The summed E-state index contributed by atoms with van der Waals surface area (Å²) in [5.41, 5.74) is 0.590. The first-order valence-electron chi connectivity index (χ1n) is 9.63. The van der Waals surface area contributed by atoms with Crippen LogP contribution in [0, 0.1) is 11.3 Å². The number of carbonyl (C=O) groups excluding carboxylic acids is 1. The van der Waals surface area contributed by atoms with E-state index in [9.17, 15) is 4.79 Å². The average molecular weight is 381 g/mol. The zero-order valence-corrected chi connectivity index (χ0v) is 16.0. The molecule has 0 spiro atoms. The molecule has 5 nitrogen and oxygen atoms in total. The number of nitrogens with one attached hydrogen (secondary N) is 2. The Morgan fingerprint density at radius 2 is 2.23 bits per heavy atom. The average Bonchev–Trinajstić information content (AvgIpc) is 3.30. The molecule has 2 heterocycles. The van der Waals surface area contributed by atoms with Gasteiger partial charge >= 0.3 is 0 Å². The van der Waals surface area contributed by atoms with Gasteiger partial charge in [0.25, 0.3) is 0 Å². The second kappa shape index (κ2) is 8.59. The quantitative estimate of drug-likeness (QED) is 0.822. The molecule has 1 aliphatic carbocycles. The van der Waals surface area contributed by atoms with Crippen LogP contribution in [-0.4, -0.2) is 38.3 Å². The third kappa shape index (κ3) is 4.00. The summed E-state index contributed by atoms with van der Waals surface area (Å²) >= 11 is 0. The summed E-state index contributed by atoms with van der Waals surface area (Å²) in [5.74, 6) is 1.43. The third-order valence-corrected chi connectivity index (χ3v) is 6.04. The van der Waals surface area contributed by atoms with Gasteiger partial charge in [0, 0.05) is 24.9 Å². The lowest BCUT2D eigenvalue weighted by atomic mass is 9.67. The normalized spacial score (nSPS) is 30.3. The fourth-order valence-corrected chi connectivity index (χ4v) is 4.57. The van der Waals surface area contributed by atoms with Crippen molar-refractivity contribution in [3.63, 3.8) is 0 Å². The van der Waals surface area contributed by atoms with Crippen molar-refractivity contribution in [1.82, 2.24) is 5.32 Å². The molecule has 144 valence electrons.